The molecule has 8 nitrogen and oxygen atoms in total. The molecule has 3 heterocycles. The van der Waals surface area contributed by atoms with Crippen LogP contribution in [-0.2, 0) is 19.6 Å². The van der Waals surface area contributed by atoms with E-state index in [1.54, 1.807) is 12.1 Å². The SMILES string of the molecule is O=C1CCCC(=O)N1CCS(=O)(=O)N1CCC(Oc2nc3c(F)cccc3s2)CC1. The standard InChI is InChI=1S/C19H22FN3O5S2/c20-14-3-1-4-15-18(14)21-19(29-15)28-13-7-9-22(10-8-13)30(26,27)12-11-23-16(24)5-2-6-17(23)25/h1,3-4,13H,2,5-12H2. The number of carbonyl (C=O) groups excluding carboxylic acids is 2. The maximum absolute atomic E-state index is 13.8. The topological polar surface area (TPSA) is 96.9 Å². The van der Waals surface area contributed by atoms with E-state index in [4.69, 9.17) is 4.74 Å². The van der Waals surface area contributed by atoms with Gasteiger partial charge in [-0.2, -0.15) is 4.98 Å². The minimum absolute atomic E-state index is 0.103. The predicted molar refractivity (Wildman–Crippen MR) is 109 cm³/mol. The first-order chi connectivity index (χ1) is 14.3. The molecule has 2 amide bonds. The summed E-state index contributed by atoms with van der Waals surface area (Å²) >= 11 is 1.26. The van der Waals surface area contributed by atoms with Gasteiger partial charge in [-0.05, 0) is 31.4 Å². The van der Waals surface area contributed by atoms with Crippen LogP contribution >= 0.6 is 11.3 Å². The second-order valence-electron chi connectivity index (χ2n) is 7.39. The van der Waals surface area contributed by atoms with E-state index in [-0.39, 0.29) is 61.7 Å². The third kappa shape index (κ3) is 4.47. The van der Waals surface area contributed by atoms with Gasteiger partial charge in [0.15, 0.2) is 0 Å². The fraction of sp³-hybridized carbons (Fsp3) is 0.526. The molecule has 1 aromatic heterocycles. The van der Waals surface area contributed by atoms with E-state index in [2.05, 4.69) is 4.98 Å². The van der Waals surface area contributed by atoms with Crippen molar-refractivity contribution in [2.75, 3.05) is 25.4 Å². The second kappa shape index (κ2) is 8.56. The Morgan fingerprint density at radius 2 is 1.87 bits per heavy atom. The number of imide groups is 1. The molecule has 0 aliphatic carbocycles. The molecule has 4 rings (SSSR count). The van der Waals surface area contributed by atoms with Crippen LogP contribution in [0.1, 0.15) is 32.1 Å². The second-order valence-corrected chi connectivity index (χ2v) is 10.5. The quantitative estimate of drug-likeness (QED) is 0.619. The van der Waals surface area contributed by atoms with Crippen molar-refractivity contribution in [2.45, 2.75) is 38.2 Å². The summed E-state index contributed by atoms with van der Waals surface area (Å²) in [4.78, 5) is 29.0. The smallest absolute Gasteiger partial charge is 0.274 e. The Morgan fingerprint density at radius 3 is 2.53 bits per heavy atom. The molecular formula is C19H22FN3O5S2. The molecule has 2 fully saturated rings. The molecule has 0 spiro atoms. The van der Waals surface area contributed by atoms with Crippen molar-refractivity contribution >= 4 is 43.4 Å². The molecule has 0 saturated carbocycles. The molecule has 11 heteroatoms. The van der Waals surface area contributed by atoms with Crippen molar-refractivity contribution in [1.82, 2.24) is 14.2 Å². The van der Waals surface area contributed by atoms with Crippen molar-refractivity contribution in [3.05, 3.63) is 24.0 Å². The Hall–Kier alpha value is -2.11. The van der Waals surface area contributed by atoms with Crippen LogP contribution < -0.4 is 4.74 Å². The van der Waals surface area contributed by atoms with Crippen LogP contribution in [0.15, 0.2) is 18.2 Å². The molecular weight excluding hydrogens is 433 g/mol. The van der Waals surface area contributed by atoms with Crippen LogP contribution in [0.3, 0.4) is 0 Å². The number of para-hydroxylation sites is 1. The van der Waals surface area contributed by atoms with Gasteiger partial charge in [0.1, 0.15) is 17.4 Å². The molecule has 1 aromatic carbocycles. The van der Waals surface area contributed by atoms with E-state index in [0.717, 1.165) is 4.90 Å². The number of ether oxygens (including phenoxy) is 1. The van der Waals surface area contributed by atoms with E-state index >= 15 is 0 Å². The Bertz CT molecular complexity index is 1050. The van der Waals surface area contributed by atoms with E-state index < -0.39 is 15.8 Å². The molecule has 0 radical (unpaired) electrons. The highest BCUT2D eigenvalue weighted by Crippen LogP contribution is 2.31. The van der Waals surface area contributed by atoms with E-state index in [1.807, 2.05) is 0 Å². The summed E-state index contributed by atoms with van der Waals surface area (Å²) in [7, 11) is -3.58. The molecule has 2 aliphatic rings. The molecule has 2 aliphatic heterocycles. The highest BCUT2D eigenvalue weighted by molar-refractivity contribution is 7.89. The molecule has 162 valence electrons. The lowest BCUT2D eigenvalue weighted by Gasteiger charge is -2.31. The van der Waals surface area contributed by atoms with Crippen LogP contribution in [0, 0.1) is 5.82 Å². The van der Waals surface area contributed by atoms with Gasteiger partial charge in [0.25, 0.3) is 5.19 Å². The number of hydrogen-bond donors (Lipinski definition) is 0. The van der Waals surface area contributed by atoms with Gasteiger partial charge < -0.3 is 4.74 Å². The number of carbonyl (C=O) groups is 2. The summed E-state index contributed by atoms with van der Waals surface area (Å²) in [5.74, 6) is -1.28. The number of piperidine rings is 2. The number of sulfonamides is 1. The average Bonchev–Trinajstić information content (AvgIpc) is 3.12. The first kappa shape index (κ1) is 21.1. The van der Waals surface area contributed by atoms with Crippen molar-refractivity contribution in [3.8, 4) is 5.19 Å². The Labute approximate surface area is 177 Å². The summed E-state index contributed by atoms with van der Waals surface area (Å²) in [5, 5.41) is 0.374. The molecule has 2 aromatic rings. The van der Waals surface area contributed by atoms with Crippen molar-refractivity contribution in [1.29, 1.82) is 0 Å². The summed E-state index contributed by atoms with van der Waals surface area (Å²) < 4.78 is 47.0. The number of benzene rings is 1. The van der Waals surface area contributed by atoms with Gasteiger partial charge in [-0.25, -0.2) is 17.1 Å². The lowest BCUT2D eigenvalue weighted by molar-refractivity contribution is -0.147. The first-order valence-corrected chi connectivity index (χ1v) is 12.3. The Balaban J connectivity index is 1.31. The number of halogens is 1. The van der Waals surface area contributed by atoms with Crippen LogP contribution in [0.4, 0.5) is 4.39 Å². The van der Waals surface area contributed by atoms with Gasteiger partial charge in [-0.15, -0.1) is 0 Å². The number of hydrogen-bond acceptors (Lipinski definition) is 7. The largest absolute Gasteiger partial charge is 0.467 e. The fourth-order valence-electron chi connectivity index (χ4n) is 3.70. The zero-order valence-corrected chi connectivity index (χ0v) is 17.9. The fourth-order valence-corrected chi connectivity index (χ4v) is 6.04. The van der Waals surface area contributed by atoms with E-state index in [9.17, 15) is 22.4 Å². The van der Waals surface area contributed by atoms with E-state index in [1.165, 1.54) is 21.7 Å². The highest BCUT2D eigenvalue weighted by Gasteiger charge is 2.32. The number of likely N-dealkylation sites (tertiary alicyclic amines) is 1. The van der Waals surface area contributed by atoms with Gasteiger partial charge >= 0.3 is 0 Å². The van der Waals surface area contributed by atoms with Crippen LogP contribution in [0.25, 0.3) is 10.2 Å². The average molecular weight is 456 g/mol. The molecule has 0 unspecified atom stereocenters. The summed E-state index contributed by atoms with van der Waals surface area (Å²) in [6.45, 7) is 0.468. The summed E-state index contributed by atoms with van der Waals surface area (Å²) in [5.41, 5.74) is 0.277. The number of nitrogens with zero attached hydrogens (tertiary/aromatic N) is 3. The first-order valence-electron chi connectivity index (χ1n) is 9.86. The van der Waals surface area contributed by atoms with Gasteiger partial charge in [0, 0.05) is 32.5 Å². The van der Waals surface area contributed by atoms with Gasteiger partial charge in [-0.1, -0.05) is 17.4 Å². The number of rotatable bonds is 6. The molecule has 0 N–H and O–H groups in total. The third-order valence-electron chi connectivity index (χ3n) is 5.37. The number of thiazole rings is 1. The molecule has 0 bridgehead atoms. The lowest BCUT2D eigenvalue weighted by Crippen LogP contribution is -2.47. The van der Waals surface area contributed by atoms with Gasteiger partial charge in [0.05, 0.1) is 10.5 Å². The third-order valence-corrected chi connectivity index (χ3v) is 8.13. The maximum Gasteiger partial charge on any atom is 0.274 e. The van der Waals surface area contributed by atoms with Gasteiger partial charge in [-0.3, -0.25) is 14.5 Å². The number of fused-ring (bicyclic) bond motifs is 1. The van der Waals surface area contributed by atoms with Crippen molar-refractivity contribution < 1.29 is 27.1 Å². The molecule has 0 atom stereocenters. The summed E-state index contributed by atoms with van der Waals surface area (Å²) in [6, 6.07) is 4.74. The zero-order chi connectivity index (χ0) is 21.3. The minimum Gasteiger partial charge on any atom is -0.467 e. The molecule has 2 saturated heterocycles. The van der Waals surface area contributed by atoms with Crippen LogP contribution in [-0.4, -0.2) is 65.9 Å². The van der Waals surface area contributed by atoms with Crippen LogP contribution in [0.5, 0.6) is 5.19 Å². The monoisotopic (exact) mass is 455 g/mol. The number of amides is 2. The summed E-state index contributed by atoms with van der Waals surface area (Å²) in [6.07, 6.45) is 1.85. The van der Waals surface area contributed by atoms with E-state index in [0.29, 0.717) is 29.2 Å². The van der Waals surface area contributed by atoms with Crippen LogP contribution in [0.2, 0.25) is 0 Å². The zero-order valence-electron chi connectivity index (χ0n) is 16.3. The predicted octanol–water partition coefficient (Wildman–Crippen LogP) is 2.15. The minimum atomic E-state index is -3.58. The molecule has 30 heavy (non-hydrogen) atoms. The Kier molecular flexibility index (Phi) is 6.03. The lowest BCUT2D eigenvalue weighted by atomic mass is 10.1. The Morgan fingerprint density at radius 1 is 1.17 bits per heavy atom. The number of aromatic nitrogens is 1. The normalized spacial score (nSPS) is 19.6. The van der Waals surface area contributed by atoms with Gasteiger partial charge in [0.2, 0.25) is 21.8 Å². The highest BCUT2D eigenvalue weighted by atomic mass is 32.2. The van der Waals surface area contributed by atoms with Crippen molar-refractivity contribution in [3.63, 3.8) is 0 Å². The van der Waals surface area contributed by atoms with Crippen molar-refractivity contribution in [2.24, 2.45) is 0 Å². The maximum atomic E-state index is 13.8.